The first-order valence-electron chi connectivity index (χ1n) is 4.52. The highest BCUT2D eigenvalue weighted by atomic mass is 19.1. The molecule has 0 spiro atoms. The summed E-state index contributed by atoms with van der Waals surface area (Å²) >= 11 is 0. The molecule has 2 aromatic rings. The van der Waals surface area contributed by atoms with E-state index in [1.165, 1.54) is 6.92 Å². The lowest BCUT2D eigenvalue weighted by atomic mass is 10.1. The van der Waals surface area contributed by atoms with Gasteiger partial charge in [0.1, 0.15) is 0 Å². The summed E-state index contributed by atoms with van der Waals surface area (Å²) in [6.45, 7) is 1.49. The number of phenolic OH excluding ortho intramolecular Hbond substituents is 1. The van der Waals surface area contributed by atoms with Crippen molar-refractivity contribution in [1.82, 2.24) is 0 Å². The summed E-state index contributed by atoms with van der Waals surface area (Å²) in [5, 5.41) is 19.9. The Morgan fingerprint density at radius 1 is 1.47 bits per heavy atom. The van der Waals surface area contributed by atoms with Crippen molar-refractivity contribution in [1.29, 1.82) is 0 Å². The molecule has 0 aliphatic heterocycles. The number of nitrogens with zero attached hydrogens (tertiary/aromatic N) is 1. The van der Waals surface area contributed by atoms with Crippen LogP contribution < -0.4 is 5.63 Å². The number of aromatic hydroxyl groups is 1. The number of nitro groups is 1. The maximum Gasteiger partial charge on any atom is 0.336 e. The van der Waals surface area contributed by atoms with Crippen LogP contribution in [0, 0.1) is 22.9 Å². The van der Waals surface area contributed by atoms with Crippen molar-refractivity contribution in [3.05, 3.63) is 44.0 Å². The first-order valence-corrected chi connectivity index (χ1v) is 4.52. The quantitative estimate of drug-likeness (QED) is 0.465. The molecule has 0 saturated heterocycles. The molecule has 2 rings (SSSR count). The van der Waals surface area contributed by atoms with Crippen LogP contribution in [0.25, 0.3) is 11.0 Å². The lowest BCUT2D eigenvalue weighted by molar-refractivity contribution is -0.386. The molecule has 0 fully saturated rings. The van der Waals surface area contributed by atoms with Gasteiger partial charge >= 0.3 is 11.3 Å². The summed E-state index contributed by atoms with van der Waals surface area (Å²) in [5.41, 5.74) is -1.72. The molecule has 88 valence electrons. The number of nitro benzene ring substituents is 1. The molecule has 0 atom stereocenters. The summed E-state index contributed by atoms with van der Waals surface area (Å²) < 4.78 is 18.2. The third-order valence-corrected chi connectivity index (χ3v) is 2.33. The van der Waals surface area contributed by atoms with Gasteiger partial charge in [-0.3, -0.25) is 10.1 Å². The number of benzene rings is 1. The van der Waals surface area contributed by atoms with Gasteiger partial charge in [0.25, 0.3) is 0 Å². The van der Waals surface area contributed by atoms with Gasteiger partial charge in [0.15, 0.2) is 5.58 Å². The second kappa shape index (κ2) is 3.55. The average molecular weight is 239 g/mol. The van der Waals surface area contributed by atoms with E-state index in [2.05, 4.69) is 4.42 Å². The molecule has 1 heterocycles. The van der Waals surface area contributed by atoms with Crippen LogP contribution in [0.4, 0.5) is 10.1 Å². The Hall–Kier alpha value is -2.44. The van der Waals surface area contributed by atoms with Crippen LogP contribution in [-0.2, 0) is 0 Å². The van der Waals surface area contributed by atoms with Crippen molar-refractivity contribution in [2.75, 3.05) is 0 Å². The predicted molar refractivity (Wildman–Crippen MR) is 55.5 cm³/mol. The molecule has 0 saturated carbocycles. The molecule has 7 heteroatoms. The first-order chi connectivity index (χ1) is 7.91. The van der Waals surface area contributed by atoms with Crippen molar-refractivity contribution in [2.45, 2.75) is 6.92 Å². The van der Waals surface area contributed by atoms with Crippen LogP contribution in [0.2, 0.25) is 0 Å². The van der Waals surface area contributed by atoms with Crippen molar-refractivity contribution >= 4 is 16.7 Å². The van der Waals surface area contributed by atoms with E-state index in [9.17, 15) is 24.4 Å². The Kier molecular flexibility index (Phi) is 2.31. The third kappa shape index (κ3) is 1.61. The molecule has 1 aromatic carbocycles. The summed E-state index contributed by atoms with van der Waals surface area (Å²) in [7, 11) is 0. The van der Waals surface area contributed by atoms with Crippen molar-refractivity contribution < 1.29 is 18.8 Å². The first kappa shape index (κ1) is 11.1. The molecule has 6 nitrogen and oxygen atoms in total. The monoisotopic (exact) mass is 239 g/mol. The second-order valence-corrected chi connectivity index (χ2v) is 3.44. The largest absolute Gasteiger partial charge is 0.500 e. The summed E-state index contributed by atoms with van der Waals surface area (Å²) in [4.78, 5) is 20.7. The van der Waals surface area contributed by atoms with Crippen LogP contribution in [0.15, 0.2) is 21.3 Å². The number of aryl methyl sites for hydroxylation is 1. The Morgan fingerprint density at radius 3 is 2.71 bits per heavy atom. The van der Waals surface area contributed by atoms with E-state index in [-0.39, 0.29) is 5.39 Å². The molecule has 1 N–H and O–H groups in total. The molecule has 0 unspecified atom stereocenters. The van der Waals surface area contributed by atoms with Gasteiger partial charge in [-0.2, -0.15) is 4.39 Å². The number of halogens is 1. The van der Waals surface area contributed by atoms with Gasteiger partial charge < -0.3 is 9.52 Å². The molecule has 0 aliphatic carbocycles. The average Bonchev–Trinajstić information content (AvgIpc) is 2.23. The van der Waals surface area contributed by atoms with E-state index in [1.807, 2.05) is 0 Å². The van der Waals surface area contributed by atoms with E-state index < -0.39 is 33.4 Å². The van der Waals surface area contributed by atoms with E-state index in [0.29, 0.717) is 5.56 Å². The molecule has 0 aliphatic rings. The molecular weight excluding hydrogens is 233 g/mol. The zero-order chi connectivity index (χ0) is 12.7. The van der Waals surface area contributed by atoms with Crippen LogP contribution in [0.5, 0.6) is 5.75 Å². The van der Waals surface area contributed by atoms with Crippen LogP contribution in [0.1, 0.15) is 5.56 Å². The van der Waals surface area contributed by atoms with Gasteiger partial charge in [-0.1, -0.05) is 0 Å². The van der Waals surface area contributed by atoms with Gasteiger partial charge in [-0.05, 0) is 12.5 Å². The fraction of sp³-hybridized carbons (Fsp3) is 0.100. The molecule has 0 amide bonds. The summed E-state index contributed by atoms with van der Waals surface area (Å²) in [6, 6.07) is 2.05. The van der Waals surface area contributed by atoms with Gasteiger partial charge in [0.2, 0.25) is 11.6 Å². The van der Waals surface area contributed by atoms with E-state index in [4.69, 9.17) is 0 Å². The fourth-order valence-electron chi connectivity index (χ4n) is 1.53. The fourth-order valence-corrected chi connectivity index (χ4v) is 1.53. The van der Waals surface area contributed by atoms with Crippen LogP contribution in [0.3, 0.4) is 0 Å². The third-order valence-electron chi connectivity index (χ3n) is 2.33. The highest BCUT2D eigenvalue weighted by Crippen LogP contribution is 2.35. The maximum atomic E-state index is 13.6. The minimum atomic E-state index is -1.31. The van der Waals surface area contributed by atoms with E-state index >= 15 is 0 Å². The van der Waals surface area contributed by atoms with Crippen molar-refractivity contribution in [3.63, 3.8) is 0 Å². The predicted octanol–water partition coefficient (Wildman–Crippen LogP) is 1.85. The number of hydrogen-bond acceptors (Lipinski definition) is 5. The number of rotatable bonds is 1. The standard InChI is InChI=1S/C10H6FNO5/c1-4-2-7(13)17-10-5(4)3-6(12(15)16)9(14)8(10)11/h2-3,14H,1H3. The van der Waals surface area contributed by atoms with E-state index in [0.717, 1.165) is 12.1 Å². The Labute approximate surface area is 93.1 Å². The van der Waals surface area contributed by atoms with Gasteiger partial charge in [0.05, 0.1) is 4.92 Å². The van der Waals surface area contributed by atoms with Crippen molar-refractivity contribution in [2.24, 2.45) is 0 Å². The maximum absolute atomic E-state index is 13.6. The van der Waals surface area contributed by atoms with Crippen molar-refractivity contribution in [3.8, 4) is 5.75 Å². The Balaban J connectivity index is 3.01. The Bertz CT molecular complexity index is 691. The van der Waals surface area contributed by atoms with Crippen LogP contribution in [-0.4, -0.2) is 10.0 Å². The highest BCUT2D eigenvalue weighted by molar-refractivity contribution is 5.85. The number of hydrogen-bond donors (Lipinski definition) is 1. The zero-order valence-electron chi connectivity index (χ0n) is 8.56. The SMILES string of the molecule is Cc1cc(=O)oc2c(F)c(O)c([N+](=O)[O-])cc12. The molecule has 17 heavy (non-hydrogen) atoms. The second-order valence-electron chi connectivity index (χ2n) is 3.44. The zero-order valence-corrected chi connectivity index (χ0v) is 8.56. The van der Waals surface area contributed by atoms with Gasteiger partial charge in [-0.15, -0.1) is 0 Å². The number of phenols is 1. The summed E-state index contributed by atoms with van der Waals surface area (Å²) in [5.74, 6) is -2.45. The van der Waals surface area contributed by atoms with Crippen LogP contribution >= 0.6 is 0 Å². The molecule has 1 aromatic heterocycles. The molecule has 0 radical (unpaired) electrons. The minimum absolute atomic E-state index is 0.0756. The lowest BCUT2D eigenvalue weighted by Crippen LogP contribution is -2.00. The lowest BCUT2D eigenvalue weighted by Gasteiger charge is -2.03. The van der Waals surface area contributed by atoms with E-state index in [1.54, 1.807) is 0 Å². The minimum Gasteiger partial charge on any atom is -0.500 e. The normalized spacial score (nSPS) is 10.7. The molecule has 0 bridgehead atoms. The highest BCUT2D eigenvalue weighted by Gasteiger charge is 2.23. The molecular formula is C10H6FNO5. The smallest absolute Gasteiger partial charge is 0.336 e. The Morgan fingerprint density at radius 2 is 2.12 bits per heavy atom. The van der Waals surface area contributed by atoms with Gasteiger partial charge in [-0.25, -0.2) is 4.79 Å². The number of fused-ring (bicyclic) bond motifs is 1. The topological polar surface area (TPSA) is 93.6 Å². The van der Waals surface area contributed by atoms with Gasteiger partial charge in [0, 0.05) is 17.5 Å². The summed E-state index contributed by atoms with van der Waals surface area (Å²) in [6.07, 6.45) is 0.